The third-order valence-corrected chi connectivity index (χ3v) is 3.71. The van der Waals surface area contributed by atoms with Crippen LogP contribution in [0.15, 0.2) is 0 Å². The Labute approximate surface area is 111 Å². The number of rotatable bonds is 7. The van der Waals surface area contributed by atoms with E-state index >= 15 is 0 Å². The van der Waals surface area contributed by atoms with E-state index in [0.29, 0.717) is 24.8 Å². The molecule has 4 nitrogen and oxygen atoms in total. The average Bonchev–Trinajstić information content (AvgIpc) is 2.74. The van der Waals surface area contributed by atoms with E-state index in [1.807, 2.05) is 0 Å². The molecule has 1 amide bonds. The van der Waals surface area contributed by atoms with Crippen LogP contribution in [0, 0.1) is 11.8 Å². The minimum atomic E-state index is 0.125. The van der Waals surface area contributed by atoms with E-state index in [-0.39, 0.29) is 18.1 Å². The fourth-order valence-corrected chi connectivity index (χ4v) is 2.83. The molecular formula is C14H28N2O2. The van der Waals surface area contributed by atoms with Gasteiger partial charge in [0.15, 0.2) is 0 Å². The molecule has 1 saturated carbocycles. The van der Waals surface area contributed by atoms with Crippen LogP contribution in [0.2, 0.25) is 0 Å². The summed E-state index contributed by atoms with van der Waals surface area (Å²) in [6, 6.07) is 0.194. The first-order chi connectivity index (χ1) is 8.56. The van der Waals surface area contributed by atoms with Gasteiger partial charge in [0.05, 0.1) is 12.1 Å². The summed E-state index contributed by atoms with van der Waals surface area (Å²) >= 11 is 0. The van der Waals surface area contributed by atoms with E-state index in [0.717, 1.165) is 25.7 Å². The van der Waals surface area contributed by atoms with Crippen molar-refractivity contribution in [2.45, 2.75) is 58.1 Å². The molecule has 1 rings (SSSR count). The highest BCUT2D eigenvalue weighted by Crippen LogP contribution is 2.22. The van der Waals surface area contributed by atoms with Crippen LogP contribution in [0.1, 0.15) is 46.0 Å². The Bertz CT molecular complexity index is 256. The van der Waals surface area contributed by atoms with Crippen molar-refractivity contribution in [3.8, 4) is 0 Å². The van der Waals surface area contributed by atoms with Gasteiger partial charge in [-0.2, -0.15) is 0 Å². The Morgan fingerprint density at radius 3 is 2.72 bits per heavy atom. The molecule has 1 fully saturated rings. The zero-order chi connectivity index (χ0) is 13.5. The van der Waals surface area contributed by atoms with Crippen molar-refractivity contribution in [1.82, 2.24) is 5.32 Å². The molecule has 0 radical (unpaired) electrons. The number of methoxy groups -OCH3 is 1. The lowest BCUT2D eigenvalue weighted by Crippen LogP contribution is -2.41. The molecule has 0 bridgehead atoms. The minimum absolute atomic E-state index is 0.125. The van der Waals surface area contributed by atoms with Crippen LogP contribution in [0.4, 0.5) is 0 Å². The van der Waals surface area contributed by atoms with Crippen molar-refractivity contribution in [1.29, 1.82) is 0 Å². The highest BCUT2D eigenvalue weighted by atomic mass is 16.5. The second-order valence-electron chi connectivity index (χ2n) is 5.81. The monoisotopic (exact) mass is 256 g/mol. The number of amides is 1. The van der Waals surface area contributed by atoms with Crippen molar-refractivity contribution in [2.75, 3.05) is 13.7 Å². The lowest BCUT2D eigenvalue weighted by Gasteiger charge is -2.22. The Morgan fingerprint density at radius 2 is 2.17 bits per heavy atom. The van der Waals surface area contributed by atoms with Gasteiger partial charge in [0.1, 0.15) is 0 Å². The van der Waals surface area contributed by atoms with Gasteiger partial charge in [0.25, 0.3) is 0 Å². The fraction of sp³-hybridized carbons (Fsp3) is 0.929. The van der Waals surface area contributed by atoms with Crippen LogP contribution >= 0.6 is 0 Å². The fourth-order valence-electron chi connectivity index (χ4n) is 2.83. The smallest absolute Gasteiger partial charge is 0.220 e. The second-order valence-corrected chi connectivity index (χ2v) is 5.81. The Kier molecular flexibility index (Phi) is 6.65. The molecule has 0 aromatic rings. The molecule has 0 saturated heterocycles. The quantitative estimate of drug-likeness (QED) is 0.728. The SMILES string of the molecule is COC1CCCC1NC(=O)C[C@@H](CN)CC(C)C. The Morgan fingerprint density at radius 1 is 1.44 bits per heavy atom. The third-order valence-electron chi connectivity index (χ3n) is 3.71. The first kappa shape index (κ1) is 15.4. The van der Waals surface area contributed by atoms with Gasteiger partial charge in [0.2, 0.25) is 5.91 Å². The summed E-state index contributed by atoms with van der Waals surface area (Å²) in [6.07, 6.45) is 4.96. The average molecular weight is 256 g/mol. The molecule has 1 aliphatic carbocycles. The molecular weight excluding hydrogens is 228 g/mol. The van der Waals surface area contributed by atoms with Crippen LogP contribution in [-0.4, -0.2) is 31.7 Å². The van der Waals surface area contributed by atoms with Crippen molar-refractivity contribution >= 4 is 5.91 Å². The molecule has 0 aliphatic heterocycles. The normalized spacial score (nSPS) is 25.4. The molecule has 0 heterocycles. The Balaban J connectivity index is 2.35. The van der Waals surface area contributed by atoms with Crippen LogP contribution in [0.5, 0.6) is 0 Å². The van der Waals surface area contributed by atoms with Crippen LogP contribution in [-0.2, 0) is 9.53 Å². The van der Waals surface area contributed by atoms with Crippen LogP contribution in [0.3, 0.4) is 0 Å². The van der Waals surface area contributed by atoms with E-state index in [1.165, 1.54) is 0 Å². The number of nitrogens with two attached hydrogens (primary N) is 1. The van der Waals surface area contributed by atoms with Gasteiger partial charge in [0, 0.05) is 13.5 Å². The van der Waals surface area contributed by atoms with E-state index in [9.17, 15) is 4.79 Å². The molecule has 106 valence electrons. The molecule has 2 unspecified atom stereocenters. The standard InChI is InChI=1S/C14H28N2O2/c1-10(2)7-11(9-15)8-14(17)16-12-5-4-6-13(12)18-3/h10-13H,4-9,15H2,1-3H3,(H,16,17)/t11-,12?,13?/m0/s1. The first-order valence-electron chi connectivity index (χ1n) is 7.09. The predicted octanol–water partition coefficient (Wildman–Crippen LogP) is 1.68. The number of carbonyl (C=O) groups is 1. The van der Waals surface area contributed by atoms with Crippen LogP contribution < -0.4 is 11.1 Å². The van der Waals surface area contributed by atoms with Crippen LogP contribution in [0.25, 0.3) is 0 Å². The second kappa shape index (κ2) is 7.74. The number of carbonyl (C=O) groups excluding carboxylic acids is 1. The first-order valence-corrected chi connectivity index (χ1v) is 7.09. The highest BCUT2D eigenvalue weighted by molar-refractivity contribution is 5.76. The molecule has 0 aromatic heterocycles. The van der Waals surface area contributed by atoms with Gasteiger partial charge in [-0.25, -0.2) is 0 Å². The van der Waals surface area contributed by atoms with Gasteiger partial charge < -0.3 is 15.8 Å². The third kappa shape index (κ3) is 4.94. The molecule has 4 heteroatoms. The van der Waals surface area contributed by atoms with E-state index in [2.05, 4.69) is 19.2 Å². The van der Waals surface area contributed by atoms with Gasteiger partial charge in [-0.3, -0.25) is 4.79 Å². The van der Waals surface area contributed by atoms with Gasteiger partial charge in [-0.1, -0.05) is 13.8 Å². The summed E-state index contributed by atoms with van der Waals surface area (Å²) in [5.41, 5.74) is 5.73. The van der Waals surface area contributed by atoms with Crippen molar-refractivity contribution < 1.29 is 9.53 Å². The van der Waals surface area contributed by atoms with E-state index in [4.69, 9.17) is 10.5 Å². The maximum absolute atomic E-state index is 12.0. The summed E-state index contributed by atoms with van der Waals surface area (Å²) < 4.78 is 5.38. The lowest BCUT2D eigenvalue weighted by molar-refractivity contribution is -0.123. The topological polar surface area (TPSA) is 64.3 Å². The Hall–Kier alpha value is -0.610. The molecule has 0 aromatic carbocycles. The summed E-state index contributed by atoms with van der Waals surface area (Å²) in [5, 5.41) is 3.10. The molecule has 3 atom stereocenters. The maximum Gasteiger partial charge on any atom is 0.220 e. The lowest BCUT2D eigenvalue weighted by atomic mass is 9.94. The number of hydrogen-bond donors (Lipinski definition) is 2. The van der Waals surface area contributed by atoms with Crippen molar-refractivity contribution in [3.63, 3.8) is 0 Å². The number of nitrogens with one attached hydrogen (secondary N) is 1. The summed E-state index contributed by atoms with van der Waals surface area (Å²) in [4.78, 5) is 12.0. The molecule has 3 N–H and O–H groups in total. The van der Waals surface area contributed by atoms with Gasteiger partial charge in [-0.05, 0) is 44.1 Å². The summed E-state index contributed by atoms with van der Waals surface area (Å²) in [6.45, 7) is 4.92. The number of hydrogen-bond acceptors (Lipinski definition) is 3. The van der Waals surface area contributed by atoms with E-state index in [1.54, 1.807) is 7.11 Å². The van der Waals surface area contributed by atoms with Crippen molar-refractivity contribution in [3.05, 3.63) is 0 Å². The largest absolute Gasteiger partial charge is 0.379 e. The summed E-state index contributed by atoms with van der Waals surface area (Å²) in [5.74, 6) is 1.01. The molecule has 0 spiro atoms. The van der Waals surface area contributed by atoms with Crippen molar-refractivity contribution in [2.24, 2.45) is 17.6 Å². The summed E-state index contributed by atoms with van der Waals surface area (Å²) in [7, 11) is 1.72. The predicted molar refractivity (Wildman–Crippen MR) is 73.2 cm³/mol. The zero-order valence-electron chi connectivity index (χ0n) is 11.9. The van der Waals surface area contributed by atoms with E-state index < -0.39 is 0 Å². The number of ether oxygens (including phenoxy) is 1. The van der Waals surface area contributed by atoms with Gasteiger partial charge >= 0.3 is 0 Å². The zero-order valence-corrected chi connectivity index (χ0v) is 11.9. The molecule has 18 heavy (non-hydrogen) atoms. The molecule has 1 aliphatic rings. The maximum atomic E-state index is 12.0. The van der Waals surface area contributed by atoms with Gasteiger partial charge in [-0.15, -0.1) is 0 Å². The highest BCUT2D eigenvalue weighted by Gasteiger charge is 2.28. The minimum Gasteiger partial charge on any atom is -0.379 e.